The topological polar surface area (TPSA) is 84.6 Å². The van der Waals surface area contributed by atoms with Crippen molar-refractivity contribution in [3.63, 3.8) is 0 Å². The van der Waals surface area contributed by atoms with Crippen LogP contribution in [0.25, 0.3) is 11.1 Å². The standard InChI is InChI=1S/C27H30N2O4S/c1-8-32-26(31)19-11-12-34-21(19)10-9-18-20(23-16(4)29-33-17(23)5)13-14(2)24-22(18)15(3)25(30)27(6,7)28-24/h11-13,15,25,28,30H,8H2,1-7H3/t15-,25+/m0/s1. The summed E-state index contributed by atoms with van der Waals surface area (Å²) in [5.74, 6) is 6.75. The molecule has 0 spiro atoms. The molecule has 0 saturated carbocycles. The third-order valence-electron chi connectivity index (χ3n) is 6.44. The summed E-state index contributed by atoms with van der Waals surface area (Å²) in [4.78, 5) is 13.0. The van der Waals surface area contributed by atoms with Gasteiger partial charge in [0.1, 0.15) is 5.76 Å². The van der Waals surface area contributed by atoms with Crippen molar-refractivity contribution < 1.29 is 19.2 Å². The molecule has 2 atom stereocenters. The Morgan fingerprint density at radius 3 is 2.71 bits per heavy atom. The average molecular weight is 479 g/mol. The molecular formula is C27H30N2O4S. The van der Waals surface area contributed by atoms with E-state index in [-0.39, 0.29) is 11.9 Å². The maximum absolute atomic E-state index is 12.4. The van der Waals surface area contributed by atoms with Crippen LogP contribution in [-0.2, 0) is 4.74 Å². The predicted molar refractivity (Wildman–Crippen MR) is 135 cm³/mol. The van der Waals surface area contributed by atoms with E-state index in [0.717, 1.165) is 39.2 Å². The van der Waals surface area contributed by atoms with Crippen LogP contribution in [0, 0.1) is 32.6 Å². The van der Waals surface area contributed by atoms with Crippen LogP contribution in [0.3, 0.4) is 0 Å². The fourth-order valence-electron chi connectivity index (χ4n) is 4.74. The molecule has 0 saturated heterocycles. The molecule has 2 aromatic heterocycles. The Hall–Kier alpha value is -3.08. The number of carbonyl (C=O) groups excluding carboxylic acids is 1. The number of carbonyl (C=O) groups is 1. The number of fused-ring (bicyclic) bond motifs is 1. The first-order valence-electron chi connectivity index (χ1n) is 11.4. The number of benzene rings is 1. The van der Waals surface area contributed by atoms with Crippen molar-refractivity contribution >= 4 is 23.0 Å². The summed E-state index contributed by atoms with van der Waals surface area (Å²) in [6.07, 6.45) is -0.614. The number of nitrogens with zero attached hydrogens (tertiary/aromatic N) is 1. The van der Waals surface area contributed by atoms with Crippen LogP contribution >= 0.6 is 11.3 Å². The number of aliphatic hydroxyl groups excluding tert-OH is 1. The molecule has 0 radical (unpaired) electrons. The van der Waals surface area contributed by atoms with Gasteiger partial charge in [0.25, 0.3) is 0 Å². The number of anilines is 1. The lowest BCUT2D eigenvalue weighted by molar-refractivity contribution is 0.0526. The van der Waals surface area contributed by atoms with Gasteiger partial charge in [-0.3, -0.25) is 0 Å². The number of aliphatic hydroxyl groups is 1. The maximum Gasteiger partial charge on any atom is 0.340 e. The molecular weight excluding hydrogens is 448 g/mol. The highest BCUT2D eigenvalue weighted by atomic mass is 32.1. The first-order valence-corrected chi connectivity index (χ1v) is 12.3. The largest absolute Gasteiger partial charge is 0.462 e. The fraction of sp³-hybridized carbons (Fsp3) is 0.407. The predicted octanol–water partition coefficient (Wildman–Crippen LogP) is 5.57. The van der Waals surface area contributed by atoms with Crippen LogP contribution in [0.5, 0.6) is 0 Å². The smallest absolute Gasteiger partial charge is 0.340 e. The molecule has 1 aliphatic rings. The molecule has 7 heteroatoms. The van der Waals surface area contributed by atoms with Gasteiger partial charge >= 0.3 is 5.97 Å². The molecule has 0 fully saturated rings. The molecule has 3 aromatic rings. The molecule has 1 aromatic carbocycles. The molecule has 2 N–H and O–H groups in total. The van der Waals surface area contributed by atoms with Crippen LogP contribution in [0.2, 0.25) is 0 Å². The van der Waals surface area contributed by atoms with E-state index in [0.29, 0.717) is 22.8 Å². The first kappa shape index (κ1) is 24.1. The minimum Gasteiger partial charge on any atom is -0.462 e. The lowest BCUT2D eigenvalue weighted by Gasteiger charge is -2.43. The third kappa shape index (κ3) is 4.02. The van der Waals surface area contributed by atoms with E-state index in [1.807, 2.05) is 40.0 Å². The summed E-state index contributed by atoms with van der Waals surface area (Å²) in [7, 11) is 0. The Labute approximate surface area is 204 Å². The van der Waals surface area contributed by atoms with Gasteiger partial charge < -0.3 is 19.7 Å². The van der Waals surface area contributed by atoms with Crippen molar-refractivity contribution in [3.8, 4) is 23.0 Å². The van der Waals surface area contributed by atoms with E-state index in [1.165, 1.54) is 11.3 Å². The number of thiophene rings is 1. The number of rotatable bonds is 3. The van der Waals surface area contributed by atoms with Gasteiger partial charge in [0.05, 0.1) is 34.4 Å². The van der Waals surface area contributed by atoms with Gasteiger partial charge in [0.15, 0.2) is 0 Å². The Kier molecular flexibility index (Phi) is 6.32. The zero-order valence-corrected chi connectivity index (χ0v) is 21.4. The number of ether oxygens (including phenoxy) is 1. The lowest BCUT2D eigenvalue weighted by atomic mass is 9.75. The number of hydrogen-bond donors (Lipinski definition) is 2. The second-order valence-electron chi connectivity index (χ2n) is 9.32. The van der Waals surface area contributed by atoms with Crippen molar-refractivity contribution in [3.05, 3.63) is 56.1 Å². The van der Waals surface area contributed by atoms with E-state index in [2.05, 4.69) is 35.3 Å². The highest BCUT2D eigenvalue weighted by Crippen LogP contribution is 2.46. The summed E-state index contributed by atoms with van der Waals surface area (Å²) in [5.41, 5.74) is 6.37. The number of aryl methyl sites for hydroxylation is 3. The molecule has 34 heavy (non-hydrogen) atoms. The van der Waals surface area contributed by atoms with Crippen molar-refractivity contribution in [2.45, 2.75) is 66.0 Å². The second kappa shape index (κ2) is 8.94. The molecule has 3 heterocycles. The van der Waals surface area contributed by atoms with Gasteiger partial charge in [0, 0.05) is 28.3 Å². The zero-order valence-electron chi connectivity index (χ0n) is 20.6. The van der Waals surface area contributed by atoms with Crippen LogP contribution < -0.4 is 5.32 Å². The van der Waals surface area contributed by atoms with Crippen molar-refractivity contribution in [1.82, 2.24) is 5.16 Å². The molecule has 4 rings (SSSR count). The minimum atomic E-state index is -0.614. The molecule has 0 aliphatic carbocycles. The Morgan fingerprint density at radius 1 is 1.32 bits per heavy atom. The van der Waals surface area contributed by atoms with Gasteiger partial charge in [-0.1, -0.05) is 18.0 Å². The average Bonchev–Trinajstić information content (AvgIpc) is 3.38. The molecule has 0 amide bonds. The monoisotopic (exact) mass is 478 g/mol. The van der Waals surface area contributed by atoms with E-state index in [4.69, 9.17) is 9.26 Å². The summed E-state index contributed by atoms with van der Waals surface area (Å²) < 4.78 is 10.7. The first-order chi connectivity index (χ1) is 16.1. The number of aromatic nitrogens is 1. The van der Waals surface area contributed by atoms with E-state index in [1.54, 1.807) is 13.0 Å². The third-order valence-corrected chi connectivity index (χ3v) is 7.27. The van der Waals surface area contributed by atoms with E-state index < -0.39 is 11.6 Å². The summed E-state index contributed by atoms with van der Waals surface area (Å²) >= 11 is 1.40. The van der Waals surface area contributed by atoms with Crippen molar-refractivity contribution in [1.29, 1.82) is 0 Å². The molecule has 0 unspecified atom stereocenters. The lowest BCUT2D eigenvalue weighted by Crippen LogP contribution is -2.50. The molecule has 6 nitrogen and oxygen atoms in total. The number of hydrogen-bond acceptors (Lipinski definition) is 7. The van der Waals surface area contributed by atoms with Gasteiger partial charge in [0.2, 0.25) is 0 Å². The number of nitrogens with one attached hydrogen (secondary N) is 1. The zero-order chi connectivity index (χ0) is 24.8. The van der Waals surface area contributed by atoms with Gasteiger partial charge in [-0.05, 0) is 76.1 Å². The van der Waals surface area contributed by atoms with Gasteiger partial charge in [-0.15, -0.1) is 11.3 Å². The summed E-state index contributed by atoms with van der Waals surface area (Å²) in [6.45, 7) is 14.0. The van der Waals surface area contributed by atoms with E-state index >= 15 is 0 Å². The highest BCUT2D eigenvalue weighted by molar-refractivity contribution is 7.10. The Bertz CT molecular complexity index is 1300. The Morgan fingerprint density at radius 2 is 2.06 bits per heavy atom. The Balaban J connectivity index is 1.99. The maximum atomic E-state index is 12.4. The molecule has 178 valence electrons. The van der Waals surface area contributed by atoms with Crippen molar-refractivity contribution in [2.24, 2.45) is 0 Å². The SMILES string of the molecule is CCOC(=O)c1ccsc1C#Cc1c(-c2c(C)noc2C)cc(C)c2c1[C@H](C)[C@@H](O)C(C)(C)N2. The van der Waals surface area contributed by atoms with Crippen LogP contribution in [0.1, 0.15) is 77.0 Å². The summed E-state index contributed by atoms with van der Waals surface area (Å²) in [5, 5.41) is 20.7. The van der Waals surface area contributed by atoms with Crippen LogP contribution in [0.15, 0.2) is 22.0 Å². The second-order valence-corrected chi connectivity index (χ2v) is 10.2. The summed E-state index contributed by atoms with van der Waals surface area (Å²) in [6, 6.07) is 3.84. The number of esters is 1. The molecule has 1 aliphatic heterocycles. The van der Waals surface area contributed by atoms with Crippen molar-refractivity contribution in [2.75, 3.05) is 11.9 Å². The minimum absolute atomic E-state index is 0.164. The van der Waals surface area contributed by atoms with Crippen LogP contribution in [-0.4, -0.2) is 34.5 Å². The normalized spacial score (nSPS) is 18.5. The highest BCUT2D eigenvalue weighted by Gasteiger charge is 2.41. The van der Waals surface area contributed by atoms with E-state index in [9.17, 15) is 9.90 Å². The van der Waals surface area contributed by atoms with Gasteiger partial charge in [-0.2, -0.15) is 0 Å². The molecule has 0 bridgehead atoms. The fourth-order valence-corrected chi connectivity index (χ4v) is 5.47. The quantitative estimate of drug-likeness (QED) is 0.378. The van der Waals surface area contributed by atoms with Crippen LogP contribution in [0.4, 0.5) is 5.69 Å². The van der Waals surface area contributed by atoms with Gasteiger partial charge in [-0.25, -0.2) is 4.79 Å².